The molecule has 5 heteroatoms. The van der Waals surface area contributed by atoms with E-state index >= 15 is 0 Å². The van der Waals surface area contributed by atoms with Crippen LogP contribution in [0.2, 0.25) is 0 Å². The van der Waals surface area contributed by atoms with Crippen LogP contribution < -0.4 is 9.47 Å². The molecular weight excluding hydrogens is 306 g/mol. The van der Waals surface area contributed by atoms with Crippen molar-refractivity contribution in [3.05, 3.63) is 29.8 Å². The number of methoxy groups -OCH3 is 1. The monoisotopic (exact) mass is 331 g/mol. The Bertz CT molecular complexity index is 575. The molecule has 130 valence electrons. The van der Waals surface area contributed by atoms with Gasteiger partial charge in [-0.05, 0) is 30.2 Å². The summed E-state index contributed by atoms with van der Waals surface area (Å²) >= 11 is 0. The van der Waals surface area contributed by atoms with Crippen LogP contribution in [0.25, 0.3) is 6.08 Å². The molecule has 0 radical (unpaired) electrons. The standard InChI is InChI=1S/C19H25NO4/c1-3-4-5-6-7-13-24-19(21)11-9-16-8-10-17(22-2)18(15-16)23-14-12-20/h8-11,15H,3-7,13-14H2,1-2H3/b11-9+. The molecule has 0 spiro atoms. The smallest absolute Gasteiger partial charge is 0.330 e. The minimum Gasteiger partial charge on any atom is -0.493 e. The van der Waals surface area contributed by atoms with E-state index in [2.05, 4.69) is 6.92 Å². The number of nitriles is 1. The third-order valence-electron chi connectivity index (χ3n) is 3.38. The van der Waals surface area contributed by atoms with E-state index in [4.69, 9.17) is 19.5 Å². The van der Waals surface area contributed by atoms with Crippen molar-refractivity contribution >= 4 is 12.0 Å². The van der Waals surface area contributed by atoms with Crippen LogP contribution in [0.15, 0.2) is 24.3 Å². The zero-order valence-electron chi connectivity index (χ0n) is 14.4. The van der Waals surface area contributed by atoms with Crippen LogP contribution >= 0.6 is 0 Å². The summed E-state index contributed by atoms with van der Waals surface area (Å²) in [5, 5.41) is 8.60. The summed E-state index contributed by atoms with van der Waals surface area (Å²) in [7, 11) is 1.53. The van der Waals surface area contributed by atoms with Gasteiger partial charge in [0.1, 0.15) is 6.07 Å². The van der Waals surface area contributed by atoms with E-state index in [9.17, 15) is 4.79 Å². The lowest BCUT2D eigenvalue weighted by Crippen LogP contribution is -2.02. The number of rotatable bonds is 11. The molecule has 0 aliphatic heterocycles. The molecule has 1 aromatic carbocycles. The fourth-order valence-corrected chi connectivity index (χ4v) is 2.11. The Labute approximate surface area is 143 Å². The zero-order chi connectivity index (χ0) is 17.6. The van der Waals surface area contributed by atoms with Crippen molar-refractivity contribution in [2.45, 2.75) is 39.0 Å². The summed E-state index contributed by atoms with van der Waals surface area (Å²) in [4.78, 5) is 11.7. The van der Waals surface area contributed by atoms with Gasteiger partial charge in [0.05, 0.1) is 13.7 Å². The SMILES string of the molecule is CCCCCCCOC(=O)/C=C/c1ccc(OC)c(OCC#N)c1. The highest BCUT2D eigenvalue weighted by molar-refractivity contribution is 5.87. The van der Waals surface area contributed by atoms with Crippen molar-refractivity contribution in [2.75, 3.05) is 20.3 Å². The fraction of sp³-hybridized carbons (Fsp3) is 0.474. The molecule has 0 aliphatic carbocycles. The molecule has 0 heterocycles. The summed E-state index contributed by atoms with van der Waals surface area (Å²) in [6, 6.07) is 7.15. The van der Waals surface area contributed by atoms with E-state index in [0.717, 1.165) is 18.4 Å². The average Bonchev–Trinajstić information content (AvgIpc) is 2.61. The van der Waals surface area contributed by atoms with Crippen molar-refractivity contribution in [1.29, 1.82) is 5.26 Å². The number of benzene rings is 1. The Hall–Kier alpha value is -2.48. The molecule has 0 saturated carbocycles. The van der Waals surface area contributed by atoms with Gasteiger partial charge in [0, 0.05) is 6.08 Å². The third kappa shape index (κ3) is 7.68. The van der Waals surface area contributed by atoms with E-state index in [1.807, 2.05) is 6.07 Å². The van der Waals surface area contributed by atoms with Gasteiger partial charge >= 0.3 is 5.97 Å². The minimum atomic E-state index is -0.360. The molecule has 0 atom stereocenters. The molecular formula is C19H25NO4. The van der Waals surface area contributed by atoms with Gasteiger partial charge in [-0.2, -0.15) is 5.26 Å². The quantitative estimate of drug-likeness (QED) is 0.346. The van der Waals surface area contributed by atoms with E-state index < -0.39 is 0 Å². The number of nitrogens with zero attached hydrogens (tertiary/aromatic N) is 1. The molecule has 24 heavy (non-hydrogen) atoms. The molecule has 0 aliphatic rings. The van der Waals surface area contributed by atoms with Crippen LogP contribution in [-0.4, -0.2) is 26.3 Å². The van der Waals surface area contributed by atoms with E-state index in [1.165, 1.54) is 32.4 Å². The van der Waals surface area contributed by atoms with E-state index in [1.54, 1.807) is 24.3 Å². The van der Waals surface area contributed by atoms with Crippen LogP contribution in [0, 0.1) is 11.3 Å². The predicted octanol–water partition coefficient (Wildman–Crippen LogP) is 4.12. The van der Waals surface area contributed by atoms with E-state index in [-0.39, 0.29) is 12.6 Å². The topological polar surface area (TPSA) is 68.6 Å². The lowest BCUT2D eigenvalue weighted by molar-refractivity contribution is -0.137. The van der Waals surface area contributed by atoms with Gasteiger partial charge in [-0.15, -0.1) is 0 Å². The number of carbonyl (C=O) groups excluding carboxylic acids is 1. The normalized spacial score (nSPS) is 10.4. The van der Waals surface area contributed by atoms with Crippen molar-refractivity contribution in [3.8, 4) is 17.6 Å². The average molecular weight is 331 g/mol. The number of esters is 1. The molecule has 0 saturated heterocycles. The summed E-state index contributed by atoms with van der Waals surface area (Å²) in [6.45, 7) is 2.55. The van der Waals surface area contributed by atoms with Crippen molar-refractivity contribution in [1.82, 2.24) is 0 Å². The van der Waals surface area contributed by atoms with Crippen molar-refractivity contribution in [3.63, 3.8) is 0 Å². The Balaban J connectivity index is 2.48. The first-order valence-corrected chi connectivity index (χ1v) is 8.24. The predicted molar refractivity (Wildman–Crippen MR) is 92.9 cm³/mol. The number of carbonyl (C=O) groups is 1. The summed E-state index contributed by atoms with van der Waals surface area (Å²) in [5.74, 6) is 0.642. The Morgan fingerprint density at radius 2 is 2.00 bits per heavy atom. The van der Waals surface area contributed by atoms with Gasteiger partial charge in [0.2, 0.25) is 0 Å². The first-order valence-electron chi connectivity index (χ1n) is 8.24. The minimum absolute atomic E-state index is 0.0659. The highest BCUT2D eigenvalue weighted by Crippen LogP contribution is 2.28. The highest BCUT2D eigenvalue weighted by atomic mass is 16.5. The van der Waals surface area contributed by atoms with Gasteiger partial charge in [-0.25, -0.2) is 4.79 Å². The zero-order valence-corrected chi connectivity index (χ0v) is 14.4. The summed E-state index contributed by atoms with van der Waals surface area (Å²) in [5.41, 5.74) is 0.767. The van der Waals surface area contributed by atoms with E-state index in [0.29, 0.717) is 18.1 Å². The second-order valence-corrected chi connectivity index (χ2v) is 5.27. The van der Waals surface area contributed by atoms with Gasteiger partial charge in [0.15, 0.2) is 18.1 Å². The largest absolute Gasteiger partial charge is 0.493 e. The molecule has 5 nitrogen and oxygen atoms in total. The Morgan fingerprint density at radius 1 is 1.21 bits per heavy atom. The number of hydrogen-bond donors (Lipinski definition) is 0. The number of unbranched alkanes of at least 4 members (excludes halogenated alkanes) is 4. The lowest BCUT2D eigenvalue weighted by atomic mass is 10.2. The highest BCUT2D eigenvalue weighted by Gasteiger charge is 2.05. The molecule has 1 aromatic rings. The number of hydrogen-bond acceptors (Lipinski definition) is 5. The fourth-order valence-electron chi connectivity index (χ4n) is 2.11. The number of ether oxygens (including phenoxy) is 3. The molecule has 0 bridgehead atoms. The molecule has 0 aromatic heterocycles. The van der Waals surface area contributed by atoms with Crippen LogP contribution in [0.5, 0.6) is 11.5 Å². The second kappa shape index (κ2) is 12.0. The summed E-state index contributed by atoms with van der Waals surface area (Å²) in [6.07, 6.45) is 8.63. The molecule has 1 rings (SSSR count). The van der Waals surface area contributed by atoms with Gasteiger partial charge in [0.25, 0.3) is 0 Å². The first-order chi connectivity index (χ1) is 11.7. The summed E-state index contributed by atoms with van der Waals surface area (Å²) < 4.78 is 15.6. The first kappa shape index (κ1) is 19.6. The van der Waals surface area contributed by atoms with Crippen LogP contribution in [0.1, 0.15) is 44.6 Å². The maximum absolute atomic E-state index is 11.7. The molecule has 0 amide bonds. The molecule has 0 unspecified atom stereocenters. The van der Waals surface area contributed by atoms with Gasteiger partial charge in [-0.3, -0.25) is 0 Å². The lowest BCUT2D eigenvalue weighted by Gasteiger charge is -2.08. The maximum Gasteiger partial charge on any atom is 0.330 e. The van der Waals surface area contributed by atoms with Gasteiger partial charge in [-0.1, -0.05) is 38.7 Å². The molecule has 0 fully saturated rings. The van der Waals surface area contributed by atoms with Gasteiger partial charge < -0.3 is 14.2 Å². The third-order valence-corrected chi connectivity index (χ3v) is 3.38. The van der Waals surface area contributed by atoms with Crippen LogP contribution in [0.4, 0.5) is 0 Å². The van der Waals surface area contributed by atoms with Crippen molar-refractivity contribution < 1.29 is 19.0 Å². The van der Waals surface area contributed by atoms with Crippen LogP contribution in [0.3, 0.4) is 0 Å². The molecule has 0 N–H and O–H groups in total. The Morgan fingerprint density at radius 3 is 2.71 bits per heavy atom. The second-order valence-electron chi connectivity index (χ2n) is 5.27. The van der Waals surface area contributed by atoms with Crippen molar-refractivity contribution in [2.24, 2.45) is 0 Å². The van der Waals surface area contributed by atoms with Crippen LogP contribution in [-0.2, 0) is 9.53 Å². The maximum atomic E-state index is 11.7. The Kier molecular flexibility index (Phi) is 9.79.